The van der Waals surface area contributed by atoms with E-state index in [0.29, 0.717) is 22.9 Å². The number of nitrogens with two attached hydrogens (primary N) is 1. The van der Waals surface area contributed by atoms with E-state index in [-0.39, 0.29) is 5.91 Å². The smallest absolute Gasteiger partial charge is 0.234 e. The van der Waals surface area contributed by atoms with Gasteiger partial charge in [0, 0.05) is 5.69 Å². The summed E-state index contributed by atoms with van der Waals surface area (Å²) in [7, 11) is 1.56. The Balaban J connectivity index is 2.60. The number of hydrogen-bond acceptors (Lipinski definition) is 4. The van der Waals surface area contributed by atoms with Gasteiger partial charge in [-0.3, -0.25) is 4.79 Å². The molecule has 3 N–H and O–H groups in total. The second-order valence-corrected chi connectivity index (χ2v) is 4.67. The maximum Gasteiger partial charge on any atom is 0.234 e. The molecule has 0 aliphatic heterocycles. The molecule has 0 aromatic heterocycles. The zero-order valence-corrected chi connectivity index (χ0v) is 11.0. The molecule has 0 aliphatic rings. The molecule has 1 amide bonds. The van der Waals surface area contributed by atoms with Gasteiger partial charge in [-0.2, -0.15) is 11.8 Å². The summed E-state index contributed by atoms with van der Waals surface area (Å²) in [6.45, 7) is 2.09. The number of rotatable bonds is 6. The van der Waals surface area contributed by atoms with E-state index >= 15 is 0 Å². The van der Waals surface area contributed by atoms with Crippen LogP contribution in [-0.4, -0.2) is 24.5 Å². The second-order valence-electron chi connectivity index (χ2n) is 3.56. The van der Waals surface area contributed by atoms with Crippen LogP contribution in [-0.2, 0) is 4.79 Å². The van der Waals surface area contributed by atoms with Crippen LogP contribution in [0.1, 0.15) is 13.3 Å². The van der Waals surface area contributed by atoms with Crippen molar-refractivity contribution in [2.75, 3.05) is 29.7 Å². The van der Waals surface area contributed by atoms with Crippen molar-refractivity contribution >= 4 is 29.0 Å². The zero-order valence-electron chi connectivity index (χ0n) is 10.2. The summed E-state index contributed by atoms with van der Waals surface area (Å²) in [6.07, 6.45) is 1.07. The number of methoxy groups -OCH3 is 1. The Morgan fingerprint density at radius 3 is 2.94 bits per heavy atom. The molecular formula is C12H18N2O2S. The largest absolute Gasteiger partial charge is 0.495 e. The molecule has 0 aliphatic carbocycles. The number of carbonyl (C=O) groups is 1. The highest BCUT2D eigenvalue weighted by Gasteiger charge is 2.07. The van der Waals surface area contributed by atoms with E-state index in [0.717, 1.165) is 12.2 Å². The topological polar surface area (TPSA) is 64.4 Å². The minimum atomic E-state index is -0.0349. The third-order valence-electron chi connectivity index (χ3n) is 2.08. The molecule has 1 aromatic carbocycles. The van der Waals surface area contributed by atoms with Gasteiger partial charge in [-0.05, 0) is 30.4 Å². The average Bonchev–Trinajstić information content (AvgIpc) is 2.29. The van der Waals surface area contributed by atoms with Crippen LogP contribution < -0.4 is 15.8 Å². The summed E-state index contributed by atoms with van der Waals surface area (Å²) in [4.78, 5) is 11.6. The van der Waals surface area contributed by atoms with Crippen LogP contribution in [0.2, 0.25) is 0 Å². The number of thioether (sulfide) groups is 1. The van der Waals surface area contributed by atoms with E-state index in [2.05, 4.69) is 12.2 Å². The van der Waals surface area contributed by atoms with E-state index in [4.69, 9.17) is 10.5 Å². The molecule has 1 aromatic rings. The molecule has 0 saturated carbocycles. The van der Waals surface area contributed by atoms with Gasteiger partial charge in [0.15, 0.2) is 0 Å². The number of nitrogens with one attached hydrogen (secondary N) is 1. The van der Waals surface area contributed by atoms with Crippen molar-refractivity contribution in [3.05, 3.63) is 18.2 Å². The molecule has 17 heavy (non-hydrogen) atoms. The van der Waals surface area contributed by atoms with E-state index in [1.807, 2.05) is 0 Å². The molecule has 0 heterocycles. The number of amides is 1. The first-order valence-electron chi connectivity index (χ1n) is 5.48. The molecule has 4 nitrogen and oxygen atoms in total. The van der Waals surface area contributed by atoms with Gasteiger partial charge in [-0.15, -0.1) is 0 Å². The predicted molar refractivity (Wildman–Crippen MR) is 73.7 cm³/mol. The van der Waals surface area contributed by atoms with Crippen molar-refractivity contribution in [2.45, 2.75) is 13.3 Å². The van der Waals surface area contributed by atoms with Crippen molar-refractivity contribution in [3.8, 4) is 5.75 Å². The lowest BCUT2D eigenvalue weighted by atomic mass is 10.2. The van der Waals surface area contributed by atoms with Gasteiger partial charge in [0.25, 0.3) is 0 Å². The lowest BCUT2D eigenvalue weighted by molar-refractivity contribution is -0.113. The first kappa shape index (κ1) is 13.7. The zero-order chi connectivity index (χ0) is 12.7. The number of ether oxygens (including phenoxy) is 1. The third-order valence-corrected chi connectivity index (χ3v) is 3.24. The lowest BCUT2D eigenvalue weighted by Crippen LogP contribution is -2.15. The highest BCUT2D eigenvalue weighted by molar-refractivity contribution is 7.99. The SMILES string of the molecule is CCCSCC(=O)Nc1cc(N)ccc1OC. The molecule has 1 rings (SSSR count). The van der Waals surface area contributed by atoms with Gasteiger partial charge >= 0.3 is 0 Å². The van der Waals surface area contributed by atoms with E-state index in [1.165, 1.54) is 0 Å². The Hall–Kier alpha value is -1.36. The van der Waals surface area contributed by atoms with Gasteiger partial charge in [0.2, 0.25) is 5.91 Å². The number of carbonyl (C=O) groups excluding carboxylic acids is 1. The first-order valence-corrected chi connectivity index (χ1v) is 6.64. The predicted octanol–water partition coefficient (Wildman–Crippen LogP) is 2.36. The van der Waals surface area contributed by atoms with Gasteiger partial charge < -0.3 is 15.8 Å². The van der Waals surface area contributed by atoms with Crippen molar-refractivity contribution in [2.24, 2.45) is 0 Å². The fourth-order valence-corrected chi connectivity index (χ4v) is 2.01. The molecule has 0 fully saturated rings. The van der Waals surface area contributed by atoms with Gasteiger partial charge in [0.1, 0.15) is 5.75 Å². The summed E-state index contributed by atoms with van der Waals surface area (Å²) < 4.78 is 5.15. The van der Waals surface area contributed by atoms with Gasteiger partial charge in [-0.25, -0.2) is 0 Å². The van der Waals surface area contributed by atoms with Crippen molar-refractivity contribution in [1.29, 1.82) is 0 Å². The Bertz CT molecular complexity index is 383. The summed E-state index contributed by atoms with van der Waals surface area (Å²) in [5.41, 5.74) is 6.89. The number of benzene rings is 1. The van der Waals surface area contributed by atoms with Crippen LogP contribution in [0.4, 0.5) is 11.4 Å². The van der Waals surface area contributed by atoms with Crippen LogP contribution in [0, 0.1) is 0 Å². The van der Waals surface area contributed by atoms with Crippen LogP contribution in [0.5, 0.6) is 5.75 Å². The van der Waals surface area contributed by atoms with E-state index < -0.39 is 0 Å². The molecule has 5 heteroatoms. The molecule has 94 valence electrons. The summed E-state index contributed by atoms with van der Waals surface area (Å²) in [5, 5.41) is 2.80. The van der Waals surface area contributed by atoms with Crippen LogP contribution in [0.3, 0.4) is 0 Å². The molecular weight excluding hydrogens is 236 g/mol. The normalized spacial score (nSPS) is 10.0. The monoisotopic (exact) mass is 254 g/mol. The van der Waals surface area contributed by atoms with Crippen molar-refractivity contribution in [1.82, 2.24) is 0 Å². The molecule has 0 radical (unpaired) electrons. The minimum Gasteiger partial charge on any atom is -0.495 e. The van der Waals surface area contributed by atoms with Crippen LogP contribution in [0.15, 0.2) is 18.2 Å². The van der Waals surface area contributed by atoms with Gasteiger partial charge in [0.05, 0.1) is 18.6 Å². The Morgan fingerprint density at radius 2 is 2.29 bits per heavy atom. The molecule has 0 unspecified atom stereocenters. The molecule has 0 bridgehead atoms. The van der Waals surface area contributed by atoms with Crippen LogP contribution >= 0.6 is 11.8 Å². The third kappa shape index (κ3) is 4.56. The molecule has 0 saturated heterocycles. The fourth-order valence-electron chi connectivity index (χ4n) is 1.32. The first-order chi connectivity index (χ1) is 8.17. The Morgan fingerprint density at radius 1 is 1.53 bits per heavy atom. The Kier molecular flexibility index (Phi) is 5.69. The highest BCUT2D eigenvalue weighted by atomic mass is 32.2. The number of anilines is 2. The fraction of sp³-hybridized carbons (Fsp3) is 0.417. The average molecular weight is 254 g/mol. The summed E-state index contributed by atoms with van der Waals surface area (Å²) in [6, 6.07) is 5.17. The summed E-state index contributed by atoms with van der Waals surface area (Å²) in [5.74, 6) is 2.02. The van der Waals surface area contributed by atoms with E-state index in [1.54, 1.807) is 37.1 Å². The quantitative estimate of drug-likeness (QED) is 0.604. The maximum atomic E-state index is 11.6. The maximum absolute atomic E-state index is 11.6. The van der Waals surface area contributed by atoms with Crippen molar-refractivity contribution < 1.29 is 9.53 Å². The minimum absolute atomic E-state index is 0.0349. The van der Waals surface area contributed by atoms with E-state index in [9.17, 15) is 4.79 Å². The van der Waals surface area contributed by atoms with Crippen LogP contribution in [0.25, 0.3) is 0 Å². The second kappa shape index (κ2) is 7.06. The number of nitrogen functional groups attached to an aromatic ring is 1. The highest BCUT2D eigenvalue weighted by Crippen LogP contribution is 2.26. The number of hydrogen-bond donors (Lipinski definition) is 2. The van der Waals surface area contributed by atoms with Gasteiger partial charge in [-0.1, -0.05) is 6.92 Å². The van der Waals surface area contributed by atoms with Crippen molar-refractivity contribution in [3.63, 3.8) is 0 Å². The molecule has 0 atom stereocenters. The lowest BCUT2D eigenvalue weighted by Gasteiger charge is -2.10. The summed E-state index contributed by atoms with van der Waals surface area (Å²) >= 11 is 1.61. The molecule has 0 spiro atoms. The Labute approximate surface area is 106 Å². The standard InChI is InChI=1S/C12H18N2O2S/c1-3-6-17-8-12(15)14-10-7-9(13)4-5-11(10)16-2/h4-5,7H,3,6,8,13H2,1-2H3,(H,14,15).